The number of rotatable bonds is 4. The number of hydrogen-bond acceptors (Lipinski definition) is 3. The predicted octanol–water partition coefficient (Wildman–Crippen LogP) is 0.308. The summed E-state index contributed by atoms with van der Waals surface area (Å²) in [5, 5.41) is 12.5. The largest absolute Gasteiger partial charge is 0.481 e. The number of aliphatic carboxylic acids is 1. The van der Waals surface area contributed by atoms with Gasteiger partial charge in [0.1, 0.15) is 0 Å². The summed E-state index contributed by atoms with van der Waals surface area (Å²) in [7, 11) is 0. The van der Waals surface area contributed by atoms with E-state index in [1.54, 1.807) is 0 Å². The van der Waals surface area contributed by atoms with Crippen LogP contribution < -0.4 is 5.32 Å². The van der Waals surface area contributed by atoms with E-state index < -0.39 is 5.97 Å². The Morgan fingerprint density at radius 1 is 1.22 bits per heavy atom. The molecule has 0 aromatic rings. The van der Waals surface area contributed by atoms with E-state index in [1.807, 2.05) is 4.90 Å². The summed E-state index contributed by atoms with van der Waals surface area (Å²) >= 11 is 0. The molecule has 1 amide bonds. The number of fused-ring (bicyclic) bond motifs is 2. The van der Waals surface area contributed by atoms with Crippen LogP contribution in [0.2, 0.25) is 0 Å². The molecular formula is C13H20N2O3. The topological polar surface area (TPSA) is 69.6 Å². The third-order valence-corrected chi connectivity index (χ3v) is 4.90. The predicted molar refractivity (Wildman–Crippen MR) is 64.9 cm³/mol. The van der Waals surface area contributed by atoms with Gasteiger partial charge in [0.05, 0.1) is 12.5 Å². The number of carboxylic acids is 1. The molecule has 3 aliphatic rings. The van der Waals surface area contributed by atoms with Crippen LogP contribution in [0.25, 0.3) is 0 Å². The van der Waals surface area contributed by atoms with Crippen molar-refractivity contribution in [1.29, 1.82) is 0 Å². The third-order valence-electron chi connectivity index (χ3n) is 4.90. The van der Waals surface area contributed by atoms with Crippen molar-refractivity contribution in [1.82, 2.24) is 10.2 Å². The Morgan fingerprint density at radius 2 is 1.94 bits per heavy atom. The van der Waals surface area contributed by atoms with Gasteiger partial charge in [0.25, 0.3) is 0 Å². The average Bonchev–Trinajstić information content (AvgIpc) is 2.82. The van der Waals surface area contributed by atoms with Crippen molar-refractivity contribution in [3.63, 3.8) is 0 Å². The van der Waals surface area contributed by atoms with Gasteiger partial charge in [-0.05, 0) is 37.5 Å². The number of carboxylic acid groups (broad SMARTS) is 1. The van der Waals surface area contributed by atoms with E-state index in [-0.39, 0.29) is 17.9 Å². The standard InChI is InChI=1S/C13H20N2O3/c16-10(15-4-1-5-15)7-14-12-9-3-2-8(6-9)11(12)13(17)18/h8-9,11-12,14H,1-7H2,(H,17,18). The SMILES string of the molecule is O=C(O)C1C2CCC(C2)C1NCC(=O)N1CCC1. The molecule has 2 saturated carbocycles. The Morgan fingerprint density at radius 3 is 2.56 bits per heavy atom. The molecule has 18 heavy (non-hydrogen) atoms. The summed E-state index contributed by atoms with van der Waals surface area (Å²) in [4.78, 5) is 24.9. The smallest absolute Gasteiger partial charge is 0.308 e. The molecule has 1 heterocycles. The second-order valence-corrected chi connectivity index (χ2v) is 5.84. The van der Waals surface area contributed by atoms with Crippen LogP contribution in [0, 0.1) is 17.8 Å². The summed E-state index contributed by atoms with van der Waals surface area (Å²) in [5.41, 5.74) is 0. The Hall–Kier alpha value is -1.10. The molecule has 4 unspecified atom stereocenters. The van der Waals surface area contributed by atoms with E-state index in [9.17, 15) is 14.7 Å². The molecule has 2 bridgehead atoms. The fourth-order valence-electron chi connectivity index (χ4n) is 3.82. The zero-order valence-electron chi connectivity index (χ0n) is 10.5. The van der Waals surface area contributed by atoms with Crippen LogP contribution in [0.15, 0.2) is 0 Å². The molecule has 5 nitrogen and oxygen atoms in total. The molecule has 2 aliphatic carbocycles. The van der Waals surface area contributed by atoms with Crippen LogP contribution in [0.1, 0.15) is 25.7 Å². The van der Waals surface area contributed by atoms with E-state index in [2.05, 4.69) is 5.32 Å². The molecule has 3 rings (SSSR count). The van der Waals surface area contributed by atoms with Gasteiger partial charge in [-0.2, -0.15) is 0 Å². The van der Waals surface area contributed by atoms with Crippen molar-refractivity contribution in [2.45, 2.75) is 31.7 Å². The average molecular weight is 252 g/mol. The molecule has 1 aliphatic heterocycles. The van der Waals surface area contributed by atoms with Crippen LogP contribution >= 0.6 is 0 Å². The molecule has 100 valence electrons. The van der Waals surface area contributed by atoms with Gasteiger partial charge in [0.15, 0.2) is 0 Å². The molecule has 1 saturated heterocycles. The summed E-state index contributed by atoms with van der Waals surface area (Å²) in [6.45, 7) is 2.02. The maximum Gasteiger partial charge on any atom is 0.308 e. The Bertz CT molecular complexity index is 367. The van der Waals surface area contributed by atoms with Crippen LogP contribution in [0.4, 0.5) is 0 Å². The van der Waals surface area contributed by atoms with Crippen molar-refractivity contribution in [2.24, 2.45) is 17.8 Å². The number of nitrogens with one attached hydrogen (secondary N) is 1. The zero-order chi connectivity index (χ0) is 12.7. The fraction of sp³-hybridized carbons (Fsp3) is 0.846. The van der Waals surface area contributed by atoms with Crippen molar-refractivity contribution in [2.75, 3.05) is 19.6 Å². The Kier molecular flexibility index (Phi) is 3.01. The first-order valence-electron chi connectivity index (χ1n) is 6.91. The van der Waals surface area contributed by atoms with Crippen molar-refractivity contribution in [3.8, 4) is 0 Å². The zero-order valence-corrected chi connectivity index (χ0v) is 10.5. The molecule has 0 spiro atoms. The van der Waals surface area contributed by atoms with E-state index in [0.29, 0.717) is 18.4 Å². The van der Waals surface area contributed by atoms with Crippen LogP contribution in [-0.2, 0) is 9.59 Å². The van der Waals surface area contributed by atoms with Crippen molar-refractivity contribution < 1.29 is 14.7 Å². The van der Waals surface area contributed by atoms with Crippen LogP contribution in [-0.4, -0.2) is 47.6 Å². The van der Waals surface area contributed by atoms with Crippen molar-refractivity contribution >= 4 is 11.9 Å². The highest BCUT2D eigenvalue weighted by molar-refractivity contribution is 5.79. The highest BCUT2D eigenvalue weighted by Crippen LogP contribution is 2.48. The summed E-state index contributed by atoms with van der Waals surface area (Å²) in [5.74, 6) is -0.0818. The molecule has 0 aromatic carbocycles. The number of nitrogens with zero attached hydrogens (tertiary/aromatic N) is 1. The molecule has 2 N–H and O–H groups in total. The van der Waals surface area contributed by atoms with Crippen LogP contribution in [0.5, 0.6) is 0 Å². The first-order valence-corrected chi connectivity index (χ1v) is 6.91. The van der Waals surface area contributed by atoms with Gasteiger partial charge in [0.2, 0.25) is 5.91 Å². The number of carbonyl (C=O) groups is 2. The second kappa shape index (κ2) is 4.53. The highest BCUT2D eigenvalue weighted by atomic mass is 16.4. The minimum absolute atomic E-state index is 0.00600. The molecule has 3 fully saturated rings. The molecule has 0 aromatic heterocycles. The third kappa shape index (κ3) is 1.90. The lowest BCUT2D eigenvalue weighted by molar-refractivity contribution is -0.145. The lowest BCUT2D eigenvalue weighted by Gasteiger charge is -2.33. The second-order valence-electron chi connectivity index (χ2n) is 5.84. The normalized spacial score (nSPS) is 37.7. The molecule has 0 radical (unpaired) electrons. The lowest BCUT2D eigenvalue weighted by Crippen LogP contribution is -2.51. The van der Waals surface area contributed by atoms with E-state index >= 15 is 0 Å². The first kappa shape index (κ1) is 12.0. The van der Waals surface area contributed by atoms with Gasteiger partial charge >= 0.3 is 5.97 Å². The first-order chi connectivity index (χ1) is 8.66. The van der Waals surface area contributed by atoms with E-state index in [0.717, 1.165) is 38.8 Å². The number of carbonyl (C=O) groups excluding carboxylic acids is 1. The minimum atomic E-state index is -0.698. The van der Waals surface area contributed by atoms with Gasteiger partial charge in [-0.1, -0.05) is 0 Å². The van der Waals surface area contributed by atoms with Gasteiger partial charge in [0, 0.05) is 19.1 Å². The van der Waals surface area contributed by atoms with E-state index in [1.165, 1.54) is 0 Å². The maximum absolute atomic E-state index is 11.8. The lowest BCUT2D eigenvalue weighted by atomic mass is 9.84. The Balaban J connectivity index is 1.57. The summed E-state index contributed by atoms with van der Waals surface area (Å²) in [6, 6.07) is 0.00600. The monoisotopic (exact) mass is 252 g/mol. The van der Waals surface area contributed by atoms with Gasteiger partial charge in [-0.15, -0.1) is 0 Å². The maximum atomic E-state index is 11.8. The van der Waals surface area contributed by atoms with Crippen molar-refractivity contribution in [3.05, 3.63) is 0 Å². The number of hydrogen-bond donors (Lipinski definition) is 2. The van der Waals surface area contributed by atoms with Gasteiger partial charge in [-0.25, -0.2) is 0 Å². The minimum Gasteiger partial charge on any atom is -0.481 e. The molecule has 5 heteroatoms. The van der Waals surface area contributed by atoms with Gasteiger partial charge < -0.3 is 15.3 Å². The summed E-state index contributed by atoms with van der Waals surface area (Å²) in [6.07, 6.45) is 4.27. The van der Waals surface area contributed by atoms with E-state index in [4.69, 9.17) is 0 Å². The number of amides is 1. The van der Waals surface area contributed by atoms with Crippen LogP contribution in [0.3, 0.4) is 0 Å². The Labute approximate surface area is 107 Å². The molecule has 4 atom stereocenters. The molecular weight excluding hydrogens is 232 g/mol. The quantitative estimate of drug-likeness (QED) is 0.755. The number of likely N-dealkylation sites (tertiary alicyclic amines) is 1. The fourth-order valence-corrected chi connectivity index (χ4v) is 3.82. The highest BCUT2D eigenvalue weighted by Gasteiger charge is 2.50. The van der Waals surface area contributed by atoms with Gasteiger partial charge in [-0.3, -0.25) is 9.59 Å². The summed E-state index contributed by atoms with van der Waals surface area (Å²) < 4.78 is 0.